The minimum Gasteiger partial charge on any atom is -0.462 e. The average molecular weight is 377 g/mol. The van der Waals surface area contributed by atoms with Crippen LogP contribution in [0, 0.1) is 0 Å². The number of amides is 1. The normalized spacial score (nSPS) is 10.5. The molecule has 3 rings (SSSR count). The maximum Gasteiger partial charge on any atom is 0.338 e. The molecule has 6 heteroatoms. The van der Waals surface area contributed by atoms with Crippen LogP contribution < -0.4 is 5.32 Å². The van der Waals surface area contributed by atoms with Gasteiger partial charge in [0.1, 0.15) is 0 Å². The van der Waals surface area contributed by atoms with Gasteiger partial charge in [-0.1, -0.05) is 43.7 Å². The van der Waals surface area contributed by atoms with Gasteiger partial charge in [0.05, 0.1) is 30.5 Å². The number of aromatic nitrogens is 2. The fraction of sp³-hybridized carbons (Fsp3) is 0.227. The monoisotopic (exact) mass is 377 g/mol. The number of carbonyl (C=O) groups excluding carboxylic acids is 2. The molecule has 0 atom stereocenters. The van der Waals surface area contributed by atoms with Crippen molar-refractivity contribution < 1.29 is 14.3 Å². The summed E-state index contributed by atoms with van der Waals surface area (Å²) in [5.74, 6) is -0.605. The van der Waals surface area contributed by atoms with Gasteiger partial charge in [-0.3, -0.25) is 9.48 Å². The molecule has 28 heavy (non-hydrogen) atoms. The van der Waals surface area contributed by atoms with Crippen LogP contribution in [0.4, 0.5) is 5.69 Å². The predicted octanol–water partition coefficient (Wildman–Crippen LogP) is 4.14. The van der Waals surface area contributed by atoms with E-state index >= 15 is 0 Å². The van der Waals surface area contributed by atoms with Crippen LogP contribution in [0.25, 0.3) is 0 Å². The Bertz CT molecular complexity index is 918. The van der Waals surface area contributed by atoms with Crippen LogP contribution in [0.5, 0.6) is 0 Å². The highest BCUT2D eigenvalue weighted by atomic mass is 16.5. The van der Waals surface area contributed by atoms with Crippen LogP contribution in [-0.4, -0.2) is 28.3 Å². The maximum atomic E-state index is 12.4. The van der Waals surface area contributed by atoms with Crippen LogP contribution >= 0.6 is 0 Å². The lowest BCUT2D eigenvalue weighted by molar-refractivity contribution is 0.0499. The molecule has 2 aromatic carbocycles. The molecule has 0 spiro atoms. The highest BCUT2D eigenvalue weighted by Crippen LogP contribution is 2.13. The lowest BCUT2D eigenvalue weighted by atomic mass is 10.2. The zero-order chi connectivity index (χ0) is 19.8. The number of esters is 1. The van der Waals surface area contributed by atoms with Crippen molar-refractivity contribution in [3.63, 3.8) is 0 Å². The molecular weight excluding hydrogens is 354 g/mol. The first-order chi connectivity index (χ1) is 13.7. The van der Waals surface area contributed by atoms with Gasteiger partial charge in [-0.25, -0.2) is 4.79 Å². The summed E-state index contributed by atoms with van der Waals surface area (Å²) in [7, 11) is 0. The number of nitrogens with zero attached hydrogens (tertiary/aromatic N) is 2. The highest BCUT2D eigenvalue weighted by molar-refractivity contribution is 6.04. The van der Waals surface area contributed by atoms with E-state index in [-0.39, 0.29) is 11.9 Å². The van der Waals surface area contributed by atoms with Crippen molar-refractivity contribution >= 4 is 17.6 Å². The molecule has 1 amide bonds. The molecule has 0 aliphatic carbocycles. The van der Waals surface area contributed by atoms with Gasteiger partial charge >= 0.3 is 5.97 Å². The fourth-order valence-corrected chi connectivity index (χ4v) is 2.62. The first-order valence-corrected chi connectivity index (χ1v) is 9.30. The Balaban J connectivity index is 1.56. The fourth-order valence-electron chi connectivity index (χ4n) is 2.62. The van der Waals surface area contributed by atoms with E-state index in [9.17, 15) is 9.59 Å². The van der Waals surface area contributed by atoms with E-state index in [2.05, 4.69) is 10.4 Å². The Morgan fingerprint density at radius 1 is 1.04 bits per heavy atom. The summed E-state index contributed by atoms with van der Waals surface area (Å²) in [5, 5.41) is 7.05. The number of hydrogen-bond donors (Lipinski definition) is 1. The van der Waals surface area contributed by atoms with E-state index in [1.54, 1.807) is 35.1 Å². The molecule has 0 radical (unpaired) electrons. The number of benzene rings is 2. The maximum absolute atomic E-state index is 12.4. The minimum atomic E-state index is -0.353. The number of anilines is 1. The molecule has 0 unspecified atom stereocenters. The molecule has 0 saturated heterocycles. The standard InChI is InChI=1S/C22H23N3O3/c1-2-3-13-28-22(27)18-9-11-20(12-10-18)24-21(26)19-14-23-25(16-19)15-17-7-5-4-6-8-17/h4-12,14,16H,2-3,13,15H2,1H3,(H,24,26). The van der Waals surface area contributed by atoms with Crippen molar-refractivity contribution in [3.05, 3.63) is 83.7 Å². The van der Waals surface area contributed by atoms with Crippen LogP contribution in [-0.2, 0) is 11.3 Å². The van der Waals surface area contributed by atoms with Crippen molar-refractivity contribution in [3.8, 4) is 0 Å². The summed E-state index contributed by atoms with van der Waals surface area (Å²) in [4.78, 5) is 24.3. The third kappa shape index (κ3) is 5.30. The summed E-state index contributed by atoms with van der Waals surface area (Å²) in [6, 6.07) is 16.6. The number of ether oxygens (including phenoxy) is 1. The Kier molecular flexibility index (Phi) is 6.57. The Morgan fingerprint density at radius 2 is 1.79 bits per heavy atom. The van der Waals surface area contributed by atoms with Gasteiger partial charge in [0, 0.05) is 11.9 Å². The number of unbranched alkanes of at least 4 members (excludes halogenated alkanes) is 1. The lowest BCUT2D eigenvalue weighted by Crippen LogP contribution is -2.12. The molecule has 0 bridgehead atoms. The van der Waals surface area contributed by atoms with Crippen molar-refractivity contribution in [1.29, 1.82) is 0 Å². The molecule has 6 nitrogen and oxygen atoms in total. The Morgan fingerprint density at radius 3 is 2.50 bits per heavy atom. The molecule has 3 aromatic rings. The van der Waals surface area contributed by atoms with Crippen molar-refractivity contribution in [2.75, 3.05) is 11.9 Å². The molecule has 0 aliphatic heterocycles. The third-order valence-corrected chi connectivity index (χ3v) is 4.19. The van der Waals surface area contributed by atoms with E-state index in [0.29, 0.717) is 30.0 Å². The Labute approximate surface area is 164 Å². The number of rotatable bonds is 8. The van der Waals surface area contributed by atoms with E-state index < -0.39 is 0 Å². The summed E-state index contributed by atoms with van der Waals surface area (Å²) in [5.41, 5.74) is 2.65. The minimum absolute atomic E-state index is 0.252. The molecule has 144 valence electrons. The second-order valence-corrected chi connectivity index (χ2v) is 6.43. The molecule has 1 aromatic heterocycles. The van der Waals surface area contributed by atoms with Gasteiger partial charge in [-0.05, 0) is 36.2 Å². The number of hydrogen-bond acceptors (Lipinski definition) is 4. The SMILES string of the molecule is CCCCOC(=O)c1ccc(NC(=O)c2cnn(Cc3ccccc3)c2)cc1. The quantitative estimate of drug-likeness (QED) is 0.473. The first-order valence-electron chi connectivity index (χ1n) is 9.30. The average Bonchev–Trinajstić information content (AvgIpc) is 3.18. The summed E-state index contributed by atoms with van der Waals surface area (Å²) in [6.45, 7) is 3.06. The van der Waals surface area contributed by atoms with Crippen molar-refractivity contribution in [2.24, 2.45) is 0 Å². The van der Waals surface area contributed by atoms with E-state index in [1.807, 2.05) is 37.3 Å². The Hall–Kier alpha value is -3.41. The van der Waals surface area contributed by atoms with Crippen LogP contribution in [0.15, 0.2) is 67.0 Å². The van der Waals surface area contributed by atoms with Crippen LogP contribution in [0.2, 0.25) is 0 Å². The molecule has 1 heterocycles. The van der Waals surface area contributed by atoms with Crippen molar-refractivity contribution in [1.82, 2.24) is 9.78 Å². The first kappa shape index (κ1) is 19.4. The third-order valence-electron chi connectivity index (χ3n) is 4.19. The van der Waals surface area contributed by atoms with E-state index in [0.717, 1.165) is 18.4 Å². The second kappa shape index (κ2) is 9.50. The van der Waals surface area contributed by atoms with Crippen LogP contribution in [0.1, 0.15) is 46.0 Å². The van der Waals surface area contributed by atoms with Gasteiger partial charge in [0.15, 0.2) is 0 Å². The van der Waals surface area contributed by atoms with Gasteiger partial charge in [0.2, 0.25) is 0 Å². The van der Waals surface area contributed by atoms with Gasteiger partial charge in [-0.15, -0.1) is 0 Å². The zero-order valence-electron chi connectivity index (χ0n) is 15.8. The van der Waals surface area contributed by atoms with Crippen molar-refractivity contribution in [2.45, 2.75) is 26.3 Å². The van der Waals surface area contributed by atoms with E-state index in [4.69, 9.17) is 4.74 Å². The van der Waals surface area contributed by atoms with Crippen LogP contribution in [0.3, 0.4) is 0 Å². The zero-order valence-corrected chi connectivity index (χ0v) is 15.8. The second-order valence-electron chi connectivity index (χ2n) is 6.43. The lowest BCUT2D eigenvalue weighted by Gasteiger charge is -2.06. The smallest absolute Gasteiger partial charge is 0.338 e. The number of nitrogens with one attached hydrogen (secondary N) is 1. The van der Waals surface area contributed by atoms with Gasteiger partial charge in [-0.2, -0.15) is 5.10 Å². The topological polar surface area (TPSA) is 73.2 Å². The van der Waals surface area contributed by atoms with Gasteiger partial charge < -0.3 is 10.1 Å². The predicted molar refractivity (Wildman–Crippen MR) is 107 cm³/mol. The largest absolute Gasteiger partial charge is 0.462 e. The summed E-state index contributed by atoms with van der Waals surface area (Å²) < 4.78 is 6.89. The molecule has 1 N–H and O–H groups in total. The summed E-state index contributed by atoms with van der Waals surface area (Å²) >= 11 is 0. The summed E-state index contributed by atoms with van der Waals surface area (Å²) in [6.07, 6.45) is 5.07. The van der Waals surface area contributed by atoms with E-state index in [1.165, 1.54) is 6.20 Å². The molecule has 0 saturated carbocycles. The molecule has 0 aliphatic rings. The highest BCUT2D eigenvalue weighted by Gasteiger charge is 2.11. The molecular formula is C22H23N3O3. The molecule has 0 fully saturated rings. The number of carbonyl (C=O) groups is 2. The van der Waals surface area contributed by atoms with Gasteiger partial charge in [0.25, 0.3) is 5.91 Å².